The molecule has 0 bridgehead atoms. The van der Waals surface area contributed by atoms with E-state index >= 15 is 0 Å². The molecule has 9 nitrogen and oxygen atoms in total. The number of anilines is 1. The number of aliphatic hydroxyl groups is 1. The molecule has 2 N–H and O–H groups in total. The number of amides is 2. The normalized spacial score (nSPS) is 18.7. The Morgan fingerprint density at radius 3 is 2.45 bits per heavy atom. The lowest BCUT2D eigenvalue weighted by molar-refractivity contribution is -0.116. The van der Waals surface area contributed by atoms with Gasteiger partial charge in [-0.05, 0) is 47.9 Å². The molecule has 1 fully saturated rings. The molecule has 0 radical (unpaired) electrons. The largest absolute Gasteiger partial charge is 0.511 e. The first-order valence-electron chi connectivity index (χ1n) is 12.6. The first-order chi connectivity index (χ1) is 18.4. The lowest BCUT2D eigenvalue weighted by Crippen LogP contribution is -2.50. The first-order valence-corrected chi connectivity index (χ1v) is 13.0. The molecule has 1 unspecified atom stereocenters. The van der Waals surface area contributed by atoms with Crippen LogP contribution in [0.25, 0.3) is 0 Å². The zero-order valence-electron chi connectivity index (χ0n) is 21.7. The standard InChI is InChI=1S/C28H33ClN4O5/c1-37-26-8-3-19(17-27(26)38-2)20-15-24(34)23(25(35)16-20)18-30-9-10-32-11-13-33(14-12-32)28(36)31-22-6-4-21(29)5-7-22/h3-8,17-18,20,34H,9-16H2,1-2H3,(H,31,36). The number of nitrogens with one attached hydrogen (secondary N) is 1. The van der Waals surface area contributed by atoms with Gasteiger partial charge < -0.3 is 24.8 Å². The van der Waals surface area contributed by atoms with E-state index in [2.05, 4.69) is 15.2 Å². The number of hydrogen-bond donors (Lipinski definition) is 2. The molecule has 0 aromatic heterocycles. The Labute approximate surface area is 227 Å². The molecule has 0 saturated carbocycles. The number of methoxy groups -OCH3 is 2. The molecule has 202 valence electrons. The summed E-state index contributed by atoms with van der Waals surface area (Å²) in [6, 6.07) is 12.4. The van der Waals surface area contributed by atoms with Crippen molar-refractivity contribution in [1.82, 2.24) is 9.80 Å². The van der Waals surface area contributed by atoms with Gasteiger partial charge in [-0.15, -0.1) is 0 Å². The number of carbonyl (C=O) groups excluding carboxylic acids is 2. The summed E-state index contributed by atoms with van der Waals surface area (Å²) < 4.78 is 10.6. The molecule has 2 amide bonds. The zero-order chi connectivity index (χ0) is 27.1. The van der Waals surface area contributed by atoms with Crippen LogP contribution in [-0.2, 0) is 4.79 Å². The molecule has 1 aliphatic heterocycles. The highest BCUT2D eigenvalue weighted by atomic mass is 35.5. The number of allylic oxidation sites excluding steroid dienone is 2. The van der Waals surface area contributed by atoms with Crippen molar-refractivity contribution in [2.75, 3.05) is 58.8 Å². The van der Waals surface area contributed by atoms with Crippen molar-refractivity contribution in [3.05, 3.63) is 64.4 Å². The molecule has 2 aliphatic rings. The molecule has 2 aromatic rings. The van der Waals surface area contributed by atoms with E-state index in [-0.39, 0.29) is 29.1 Å². The van der Waals surface area contributed by atoms with Crippen LogP contribution in [-0.4, -0.2) is 86.4 Å². The van der Waals surface area contributed by atoms with Gasteiger partial charge in [0, 0.05) is 62.5 Å². The summed E-state index contributed by atoms with van der Waals surface area (Å²) in [5.41, 5.74) is 1.91. The third-order valence-electron chi connectivity index (χ3n) is 6.88. The van der Waals surface area contributed by atoms with E-state index in [0.29, 0.717) is 61.2 Å². The van der Waals surface area contributed by atoms with E-state index < -0.39 is 0 Å². The summed E-state index contributed by atoms with van der Waals surface area (Å²) in [5, 5.41) is 14.1. The van der Waals surface area contributed by atoms with Crippen molar-refractivity contribution in [1.29, 1.82) is 0 Å². The van der Waals surface area contributed by atoms with Gasteiger partial charge in [0.2, 0.25) is 0 Å². The highest BCUT2D eigenvalue weighted by Crippen LogP contribution is 2.37. The number of rotatable bonds is 8. The summed E-state index contributed by atoms with van der Waals surface area (Å²) in [7, 11) is 3.14. The van der Waals surface area contributed by atoms with E-state index in [0.717, 1.165) is 18.7 Å². The number of aliphatic hydroxyl groups excluding tert-OH is 1. The summed E-state index contributed by atoms with van der Waals surface area (Å²) in [6.07, 6.45) is 2.15. The van der Waals surface area contributed by atoms with E-state index in [1.807, 2.05) is 18.2 Å². The van der Waals surface area contributed by atoms with Crippen LogP contribution in [0.3, 0.4) is 0 Å². The average molecular weight is 541 g/mol. The maximum absolute atomic E-state index is 12.8. The first kappa shape index (κ1) is 27.5. The lowest BCUT2D eigenvalue weighted by Gasteiger charge is -2.34. The monoisotopic (exact) mass is 540 g/mol. The Kier molecular flexibility index (Phi) is 9.25. The van der Waals surface area contributed by atoms with Crippen LogP contribution < -0.4 is 14.8 Å². The third kappa shape index (κ3) is 6.85. The minimum Gasteiger partial charge on any atom is -0.511 e. The van der Waals surface area contributed by atoms with Gasteiger partial charge in [-0.3, -0.25) is 14.7 Å². The van der Waals surface area contributed by atoms with Crippen LogP contribution in [0, 0.1) is 0 Å². The zero-order valence-corrected chi connectivity index (χ0v) is 22.4. The Bertz CT molecular complexity index is 1210. The van der Waals surface area contributed by atoms with Crippen LogP contribution in [0.4, 0.5) is 10.5 Å². The number of carbonyl (C=O) groups is 2. The van der Waals surface area contributed by atoms with Gasteiger partial charge in [0.05, 0.1) is 26.3 Å². The SMILES string of the molecule is COc1ccc(C2CC(=O)C(C=NCCN3CCN(C(=O)Nc4ccc(Cl)cc4)CC3)=C(O)C2)cc1OC. The van der Waals surface area contributed by atoms with Gasteiger partial charge in [0.25, 0.3) is 0 Å². The summed E-state index contributed by atoms with van der Waals surface area (Å²) >= 11 is 5.89. The molecule has 1 aliphatic carbocycles. The number of nitrogens with zero attached hydrogens (tertiary/aromatic N) is 3. The van der Waals surface area contributed by atoms with Gasteiger partial charge >= 0.3 is 6.03 Å². The molecular weight excluding hydrogens is 508 g/mol. The highest BCUT2D eigenvalue weighted by Gasteiger charge is 2.28. The molecule has 0 spiro atoms. The van der Waals surface area contributed by atoms with E-state index in [4.69, 9.17) is 21.1 Å². The fraction of sp³-hybridized carbons (Fsp3) is 0.393. The van der Waals surface area contributed by atoms with Crippen LogP contribution >= 0.6 is 11.6 Å². The number of piperazine rings is 1. The Balaban J connectivity index is 1.24. The van der Waals surface area contributed by atoms with E-state index in [1.54, 1.807) is 43.4 Å². The molecule has 38 heavy (non-hydrogen) atoms. The van der Waals surface area contributed by atoms with Crippen molar-refractivity contribution in [2.45, 2.75) is 18.8 Å². The number of hydrogen-bond acceptors (Lipinski definition) is 7. The second kappa shape index (κ2) is 12.8. The predicted molar refractivity (Wildman–Crippen MR) is 148 cm³/mol. The molecular formula is C28H33ClN4O5. The predicted octanol–water partition coefficient (Wildman–Crippen LogP) is 4.54. The number of ether oxygens (including phenoxy) is 2. The van der Waals surface area contributed by atoms with Gasteiger partial charge in [-0.2, -0.15) is 0 Å². The van der Waals surface area contributed by atoms with Crippen LogP contribution in [0.1, 0.15) is 24.3 Å². The van der Waals surface area contributed by atoms with Gasteiger partial charge in [0.1, 0.15) is 5.76 Å². The van der Waals surface area contributed by atoms with E-state index in [1.165, 1.54) is 6.21 Å². The second-order valence-corrected chi connectivity index (χ2v) is 9.74. The molecule has 2 aromatic carbocycles. The number of Topliss-reactive ketones (excluding diaryl/α,β-unsaturated/α-hetero) is 1. The maximum Gasteiger partial charge on any atom is 0.321 e. The summed E-state index contributed by atoms with van der Waals surface area (Å²) in [5.74, 6) is 1.01. The van der Waals surface area contributed by atoms with Crippen molar-refractivity contribution in [3.63, 3.8) is 0 Å². The van der Waals surface area contributed by atoms with Crippen molar-refractivity contribution >= 4 is 35.3 Å². The summed E-state index contributed by atoms with van der Waals surface area (Å²) in [6.45, 7) is 3.92. The molecule has 4 rings (SSSR count). The third-order valence-corrected chi connectivity index (χ3v) is 7.13. The van der Waals surface area contributed by atoms with Crippen LogP contribution in [0.5, 0.6) is 11.5 Å². The lowest BCUT2D eigenvalue weighted by atomic mass is 9.83. The Hall–Kier alpha value is -3.56. The van der Waals surface area contributed by atoms with Crippen molar-refractivity contribution < 1.29 is 24.2 Å². The molecule has 1 atom stereocenters. The quantitative estimate of drug-likeness (QED) is 0.477. The van der Waals surface area contributed by atoms with Gasteiger partial charge in [-0.1, -0.05) is 17.7 Å². The number of aliphatic imine (C=N–C) groups is 1. The van der Waals surface area contributed by atoms with E-state index in [9.17, 15) is 14.7 Å². The summed E-state index contributed by atoms with van der Waals surface area (Å²) in [4.78, 5) is 33.7. The van der Waals surface area contributed by atoms with Crippen molar-refractivity contribution in [2.24, 2.45) is 4.99 Å². The number of ketones is 1. The van der Waals surface area contributed by atoms with Crippen LogP contribution in [0.15, 0.2) is 58.8 Å². The average Bonchev–Trinajstić information content (AvgIpc) is 2.93. The second-order valence-electron chi connectivity index (χ2n) is 9.30. The molecule has 1 saturated heterocycles. The molecule has 1 heterocycles. The Morgan fingerprint density at radius 2 is 1.79 bits per heavy atom. The number of halogens is 1. The minimum atomic E-state index is -0.132. The maximum atomic E-state index is 12.8. The van der Waals surface area contributed by atoms with Gasteiger partial charge in [-0.25, -0.2) is 4.79 Å². The highest BCUT2D eigenvalue weighted by molar-refractivity contribution is 6.30. The fourth-order valence-electron chi connectivity index (χ4n) is 4.66. The molecule has 10 heteroatoms. The minimum absolute atomic E-state index is 0.0603. The Morgan fingerprint density at radius 1 is 1.08 bits per heavy atom. The number of benzene rings is 2. The van der Waals surface area contributed by atoms with Gasteiger partial charge in [0.15, 0.2) is 17.3 Å². The fourth-order valence-corrected chi connectivity index (χ4v) is 4.79. The van der Waals surface area contributed by atoms with Crippen molar-refractivity contribution in [3.8, 4) is 11.5 Å². The smallest absolute Gasteiger partial charge is 0.321 e. The topological polar surface area (TPSA) is 104 Å². The number of urea groups is 1. The van der Waals surface area contributed by atoms with Crippen LogP contribution in [0.2, 0.25) is 5.02 Å².